The molecule has 4 heteroatoms. The van der Waals surface area contributed by atoms with Gasteiger partial charge in [-0.1, -0.05) is 23.7 Å². The van der Waals surface area contributed by atoms with Crippen molar-refractivity contribution < 1.29 is 16.9 Å². The maximum absolute atomic E-state index is 5.91. The van der Waals surface area contributed by atoms with E-state index in [1.807, 2.05) is 12.1 Å². The van der Waals surface area contributed by atoms with Crippen molar-refractivity contribution in [1.29, 1.82) is 0 Å². The Balaban J connectivity index is 0.00000324. The van der Waals surface area contributed by atoms with Gasteiger partial charge in [-0.05, 0) is 60.1 Å². The van der Waals surface area contributed by atoms with Gasteiger partial charge in [-0.15, -0.1) is 6.42 Å². The molecular weight excluding hydrogens is 392 g/mol. The summed E-state index contributed by atoms with van der Waals surface area (Å²) in [6.07, 6.45) is 6.56. The molecule has 0 spiro atoms. The van der Waals surface area contributed by atoms with Crippen molar-refractivity contribution in [1.82, 2.24) is 0 Å². The molecule has 19 heavy (non-hydrogen) atoms. The minimum Gasteiger partial charge on any atom is -1.00 e. The van der Waals surface area contributed by atoms with Gasteiger partial charge in [0.2, 0.25) is 0 Å². The summed E-state index contributed by atoms with van der Waals surface area (Å²) in [4.78, 5) is 0. The largest absolute Gasteiger partial charge is 1.00 e. The number of hydrogen-bond acceptors (Lipinski definition) is 0. The molecule has 1 rings (SSSR count). The van der Waals surface area contributed by atoms with Crippen LogP contribution in [0, 0.1) is 12.3 Å². The van der Waals surface area contributed by atoms with Crippen molar-refractivity contribution in [3.8, 4) is 12.3 Å². The Morgan fingerprint density at radius 2 is 1.79 bits per heavy atom. The number of hydrogen-bond donors (Lipinski definition) is 0. The molecule has 0 radical (unpaired) electrons. The van der Waals surface area contributed by atoms with Gasteiger partial charge in [0.15, 0.2) is 0 Å². The number of likely N-dealkylation sites (N-methyl/N-ethyl adjacent to an activating group) is 1. The second kappa shape index (κ2) is 9.07. The van der Waals surface area contributed by atoms with Crippen LogP contribution in [0.1, 0.15) is 19.4 Å². The topological polar surface area (TPSA) is 0 Å². The summed E-state index contributed by atoms with van der Waals surface area (Å²) in [7, 11) is 0. The van der Waals surface area contributed by atoms with Crippen LogP contribution in [-0.4, -0.2) is 28.2 Å². The first kappa shape index (κ1) is 19.1. The molecule has 1 aromatic carbocycles. The van der Waals surface area contributed by atoms with E-state index in [9.17, 15) is 0 Å². The molecule has 1 atom stereocenters. The molecule has 0 aliphatic carbocycles. The summed E-state index contributed by atoms with van der Waals surface area (Å²) >= 11 is 8.45. The molecule has 0 aliphatic heterocycles. The van der Waals surface area contributed by atoms with Crippen LogP contribution < -0.4 is 12.4 Å². The van der Waals surface area contributed by atoms with Gasteiger partial charge in [0, 0.05) is 11.4 Å². The second-order valence-electron chi connectivity index (χ2n) is 4.48. The molecule has 106 valence electrons. The fourth-order valence-electron chi connectivity index (χ4n) is 2.13. The molecule has 0 saturated carbocycles. The van der Waals surface area contributed by atoms with Gasteiger partial charge in [0.1, 0.15) is 10.6 Å². The Morgan fingerprint density at radius 1 is 1.26 bits per heavy atom. The summed E-state index contributed by atoms with van der Waals surface area (Å²) in [5, 5.41) is 0.791. The Morgan fingerprint density at radius 3 is 2.21 bits per heavy atom. The number of quaternary nitrogens is 1. The van der Waals surface area contributed by atoms with Crippen molar-refractivity contribution in [2.24, 2.45) is 0 Å². The fourth-order valence-corrected chi connectivity index (χ4v) is 3.75. The molecule has 0 aromatic heterocycles. The monoisotopic (exact) mass is 411 g/mol. The standard InChI is InChI=1S/C15H20ClIN.ClH/c1-4-11-18(5-2,6-3)15(17)12-13-7-9-14(16)10-8-13;/h1,7-10,15H,5-6,11-12H2,2-3H3;1H/q+1;/p-1. The van der Waals surface area contributed by atoms with Crippen molar-refractivity contribution >= 4 is 34.2 Å². The maximum Gasteiger partial charge on any atom is 0.144 e. The molecule has 0 N–H and O–H groups in total. The van der Waals surface area contributed by atoms with Crippen LogP contribution in [0.2, 0.25) is 5.02 Å². The molecule has 1 unspecified atom stereocenters. The van der Waals surface area contributed by atoms with Crippen LogP contribution >= 0.6 is 34.2 Å². The van der Waals surface area contributed by atoms with Gasteiger partial charge in [0.25, 0.3) is 0 Å². The zero-order valence-electron chi connectivity index (χ0n) is 11.4. The van der Waals surface area contributed by atoms with Gasteiger partial charge in [-0.2, -0.15) is 0 Å². The summed E-state index contributed by atoms with van der Waals surface area (Å²) < 4.78 is 1.47. The quantitative estimate of drug-likeness (QED) is 0.216. The van der Waals surface area contributed by atoms with E-state index in [1.54, 1.807) is 0 Å². The van der Waals surface area contributed by atoms with Gasteiger partial charge in [-0.25, -0.2) is 0 Å². The third-order valence-electron chi connectivity index (χ3n) is 3.58. The number of benzene rings is 1. The maximum atomic E-state index is 5.91. The Kier molecular flexibility index (Phi) is 9.10. The van der Waals surface area contributed by atoms with Crippen molar-refractivity contribution in [2.75, 3.05) is 19.6 Å². The lowest BCUT2D eigenvalue weighted by atomic mass is 10.1. The van der Waals surface area contributed by atoms with Gasteiger partial charge in [-0.3, -0.25) is 0 Å². The van der Waals surface area contributed by atoms with Crippen LogP contribution in [0.15, 0.2) is 24.3 Å². The third-order valence-corrected chi connectivity index (χ3v) is 5.45. The van der Waals surface area contributed by atoms with Crippen LogP contribution in [0.5, 0.6) is 0 Å². The van der Waals surface area contributed by atoms with E-state index >= 15 is 0 Å². The molecule has 1 aromatic rings. The van der Waals surface area contributed by atoms with Gasteiger partial charge >= 0.3 is 0 Å². The van der Waals surface area contributed by atoms with Crippen LogP contribution in [-0.2, 0) is 6.42 Å². The highest BCUT2D eigenvalue weighted by Crippen LogP contribution is 2.24. The highest BCUT2D eigenvalue weighted by Gasteiger charge is 2.30. The van der Waals surface area contributed by atoms with E-state index in [-0.39, 0.29) is 12.4 Å². The summed E-state index contributed by atoms with van der Waals surface area (Å²) in [6, 6.07) is 8.11. The number of nitrogens with zero attached hydrogens (tertiary/aromatic N) is 1. The molecule has 0 amide bonds. The molecule has 0 fully saturated rings. The first-order valence-electron chi connectivity index (χ1n) is 6.25. The second-order valence-corrected chi connectivity index (χ2v) is 6.35. The SMILES string of the molecule is C#CC[N+](CC)(CC)C(I)Cc1ccc(Cl)cc1.[Cl-]. The number of alkyl halides is 1. The molecule has 0 aliphatic rings. The lowest BCUT2D eigenvalue weighted by Crippen LogP contribution is -3.00. The predicted octanol–water partition coefficient (Wildman–Crippen LogP) is 1.14. The zero-order chi connectivity index (χ0) is 13.6. The summed E-state index contributed by atoms with van der Waals surface area (Å²) in [6.45, 7) is 7.38. The van der Waals surface area contributed by atoms with E-state index in [0.29, 0.717) is 4.05 Å². The molecular formula is C15H20Cl2IN. The normalized spacial score (nSPS) is 12.4. The average Bonchev–Trinajstić information content (AvgIpc) is 2.38. The van der Waals surface area contributed by atoms with E-state index < -0.39 is 0 Å². The van der Waals surface area contributed by atoms with E-state index in [1.165, 1.54) is 5.56 Å². The van der Waals surface area contributed by atoms with E-state index in [2.05, 4.69) is 54.5 Å². The number of terminal acetylenes is 1. The van der Waals surface area contributed by atoms with Crippen molar-refractivity contribution in [2.45, 2.75) is 24.3 Å². The van der Waals surface area contributed by atoms with Crippen molar-refractivity contribution in [3.05, 3.63) is 34.9 Å². The smallest absolute Gasteiger partial charge is 0.144 e. The fraction of sp³-hybridized carbons (Fsp3) is 0.467. The lowest BCUT2D eigenvalue weighted by molar-refractivity contribution is -0.923. The summed E-state index contributed by atoms with van der Waals surface area (Å²) in [5.74, 6) is 2.83. The zero-order valence-corrected chi connectivity index (χ0v) is 15.0. The predicted molar refractivity (Wildman–Crippen MR) is 88.0 cm³/mol. The minimum absolute atomic E-state index is 0. The molecule has 0 saturated heterocycles. The third kappa shape index (κ3) is 5.15. The van der Waals surface area contributed by atoms with Crippen LogP contribution in [0.4, 0.5) is 0 Å². The van der Waals surface area contributed by atoms with E-state index in [0.717, 1.165) is 35.6 Å². The number of rotatable bonds is 6. The highest BCUT2D eigenvalue weighted by molar-refractivity contribution is 14.1. The molecule has 1 nitrogen and oxygen atoms in total. The number of halogens is 3. The van der Waals surface area contributed by atoms with Crippen molar-refractivity contribution in [3.63, 3.8) is 0 Å². The van der Waals surface area contributed by atoms with Gasteiger partial charge < -0.3 is 16.9 Å². The van der Waals surface area contributed by atoms with Crippen LogP contribution in [0.25, 0.3) is 0 Å². The Labute approximate surface area is 141 Å². The lowest BCUT2D eigenvalue weighted by Gasteiger charge is -2.39. The average molecular weight is 412 g/mol. The van der Waals surface area contributed by atoms with Crippen LogP contribution in [0.3, 0.4) is 0 Å². The molecule has 0 heterocycles. The summed E-state index contributed by atoms with van der Waals surface area (Å²) in [5.41, 5.74) is 1.32. The Hall–Kier alpha value is 0.0500. The highest BCUT2D eigenvalue weighted by atomic mass is 127. The first-order valence-corrected chi connectivity index (χ1v) is 7.88. The molecule has 0 bridgehead atoms. The minimum atomic E-state index is 0. The van der Waals surface area contributed by atoms with E-state index in [4.69, 9.17) is 18.0 Å². The Bertz CT molecular complexity index is 407. The van der Waals surface area contributed by atoms with Gasteiger partial charge in [0.05, 0.1) is 13.1 Å². The first-order chi connectivity index (χ1) is 8.57.